The Balaban J connectivity index is 3.55. The molecule has 0 aliphatic heterocycles. The molecule has 0 N–H and O–H groups in total. The first-order chi connectivity index (χ1) is 6.61. The summed E-state index contributed by atoms with van der Waals surface area (Å²) in [7, 11) is 0. The third-order valence-electron chi connectivity index (χ3n) is 2.86. The van der Waals surface area contributed by atoms with E-state index in [2.05, 4.69) is 13.8 Å². The summed E-state index contributed by atoms with van der Waals surface area (Å²) in [6.45, 7) is 6.17. The predicted molar refractivity (Wildman–Crippen MR) is 58.0 cm³/mol. The third kappa shape index (κ3) is 6.33. The van der Waals surface area contributed by atoms with E-state index in [1.165, 1.54) is 0 Å². The molecule has 0 heterocycles. The van der Waals surface area contributed by atoms with Gasteiger partial charge in [-0.2, -0.15) is 0 Å². The van der Waals surface area contributed by atoms with Crippen molar-refractivity contribution in [3.05, 3.63) is 0 Å². The SMILES string of the molecule is CCCCC(F)C(F)CCC(C)CC. The Hall–Kier alpha value is -0.140. The highest BCUT2D eigenvalue weighted by molar-refractivity contribution is 4.69. The zero-order chi connectivity index (χ0) is 11.0. The first-order valence-corrected chi connectivity index (χ1v) is 5.89. The Bertz CT molecular complexity index is 125. The second-order valence-corrected chi connectivity index (χ2v) is 4.26. The lowest BCUT2D eigenvalue weighted by atomic mass is 9.98. The second-order valence-electron chi connectivity index (χ2n) is 4.26. The van der Waals surface area contributed by atoms with E-state index in [0.717, 1.165) is 25.7 Å². The molecule has 0 rings (SSSR count). The number of hydrogen-bond donors (Lipinski definition) is 0. The van der Waals surface area contributed by atoms with Crippen molar-refractivity contribution in [3.63, 3.8) is 0 Å². The van der Waals surface area contributed by atoms with Crippen molar-refractivity contribution in [2.75, 3.05) is 0 Å². The van der Waals surface area contributed by atoms with Gasteiger partial charge in [-0.05, 0) is 25.2 Å². The molecule has 0 spiro atoms. The van der Waals surface area contributed by atoms with Gasteiger partial charge in [-0.25, -0.2) is 8.78 Å². The first-order valence-electron chi connectivity index (χ1n) is 5.89. The van der Waals surface area contributed by atoms with Crippen LogP contribution < -0.4 is 0 Å². The maximum absolute atomic E-state index is 13.2. The zero-order valence-electron chi connectivity index (χ0n) is 9.73. The minimum Gasteiger partial charge on any atom is -0.244 e. The van der Waals surface area contributed by atoms with E-state index in [-0.39, 0.29) is 0 Å². The summed E-state index contributed by atoms with van der Waals surface area (Å²) in [4.78, 5) is 0. The third-order valence-corrected chi connectivity index (χ3v) is 2.86. The Morgan fingerprint density at radius 3 is 2.00 bits per heavy atom. The highest BCUT2D eigenvalue weighted by atomic mass is 19.2. The average molecular weight is 206 g/mol. The van der Waals surface area contributed by atoms with Gasteiger partial charge in [0.2, 0.25) is 0 Å². The monoisotopic (exact) mass is 206 g/mol. The highest BCUT2D eigenvalue weighted by Gasteiger charge is 2.19. The van der Waals surface area contributed by atoms with Crippen LogP contribution in [0.3, 0.4) is 0 Å². The lowest BCUT2D eigenvalue weighted by Crippen LogP contribution is -2.18. The summed E-state index contributed by atoms with van der Waals surface area (Å²) < 4.78 is 26.4. The van der Waals surface area contributed by atoms with Crippen molar-refractivity contribution in [2.24, 2.45) is 5.92 Å². The molecule has 0 bridgehead atoms. The molecule has 0 fully saturated rings. The Kier molecular flexibility index (Phi) is 8.11. The van der Waals surface area contributed by atoms with Crippen molar-refractivity contribution >= 4 is 0 Å². The van der Waals surface area contributed by atoms with Crippen LogP contribution in [0.25, 0.3) is 0 Å². The van der Waals surface area contributed by atoms with E-state index < -0.39 is 12.3 Å². The van der Waals surface area contributed by atoms with Crippen LogP contribution >= 0.6 is 0 Å². The fourth-order valence-electron chi connectivity index (χ4n) is 1.41. The van der Waals surface area contributed by atoms with Gasteiger partial charge in [-0.3, -0.25) is 0 Å². The van der Waals surface area contributed by atoms with E-state index in [1.54, 1.807) is 0 Å². The van der Waals surface area contributed by atoms with Gasteiger partial charge in [0.1, 0.15) is 12.3 Å². The van der Waals surface area contributed by atoms with Gasteiger partial charge in [-0.1, -0.05) is 40.0 Å². The molecule has 0 aliphatic rings. The minimum absolute atomic E-state index is 0.387. The molecule has 0 saturated heterocycles. The molecule has 0 nitrogen and oxygen atoms in total. The summed E-state index contributed by atoms with van der Waals surface area (Å²) in [5, 5.41) is 0. The lowest BCUT2D eigenvalue weighted by molar-refractivity contribution is 0.140. The molecule has 0 aromatic rings. The molecule has 2 heteroatoms. The number of unbranched alkanes of at least 4 members (excludes halogenated alkanes) is 1. The highest BCUT2D eigenvalue weighted by Crippen LogP contribution is 2.19. The summed E-state index contributed by atoms with van der Waals surface area (Å²) in [5.74, 6) is 0.520. The number of hydrogen-bond acceptors (Lipinski definition) is 0. The maximum Gasteiger partial charge on any atom is 0.131 e. The van der Waals surface area contributed by atoms with E-state index in [1.807, 2.05) is 6.92 Å². The van der Waals surface area contributed by atoms with Crippen molar-refractivity contribution in [1.29, 1.82) is 0 Å². The molecule has 14 heavy (non-hydrogen) atoms. The number of alkyl halides is 2. The molecule has 0 radical (unpaired) electrons. The summed E-state index contributed by atoms with van der Waals surface area (Å²) in [6, 6.07) is 0. The maximum atomic E-state index is 13.2. The molecular formula is C12H24F2. The zero-order valence-corrected chi connectivity index (χ0v) is 9.73. The quantitative estimate of drug-likeness (QED) is 0.541. The molecule has 0 aliphatic carbocycles. The van der Waals surface area contributed by atoms with Gasteiger partial charge in [0.15, 0.2) is 0 Å². The van der Waals surface area contributed by atoms with Gasteiger partial charge in [0, 0.05) is 0 Å². The van der Waals surface area contributed by atoms with Gasteiger partial charge in [0.25, 0.3) is 0 Å². The standard InChI is InChI=1S/C12H24F2/c1-4-6-7-11(13)12(14)9-8-10(3)5-2/h10-12H,4-9H2,1-3H3. The molecule has 86 valence electrons. The summed E-state index contributed by atoms with van der Waals surface area (Å²) in [5.41, 5.74) is 0. The molecule has 0 aromatic carbocycles. The molecule has 0 saturated carbocycles. The van der Waals surface area contributed by atoms with Crippen LogP contribution in [0.5, 0.6) is 0 Å². The lowest BCUT2D eigenvalue weighted by Gasteiger charge is -2.15. The van der Waals surface area contributed by atoms with Gasteiger partial charge >= 0.3 is 0 Å². The minimum atomic E-state index is -1.24. The molecule has 0 aromatic heterocycles. The molecular weight excluding hydrogens is 182 g/mol. The number of halogens is 2. The molecule has 3 atom stereocenters. The smallest absolute Gasteiger partial charge is 0.131 e. The molecule has 0 amide bonds. The van der Waals surface area contributed by atoms with Crippen molar-refractivity contribution in [3.8, 4) is 0 Å². The summed E-state index contributed by atoms with van der Waals surface area (Å²) in [6.07, 6.45) is 1.90. The van der Waals surface area contributed by atoms with E-state index in [0.29, 0.717) is 18.8 Å². The van der Waals surface area contributed by atoms with Crippen molar-refractivity contribution in [2.45, 2.75) is 71.6 Å². The van der Waals surface area contributed by atoms with Crippen LogP contribution in [-0.2, 0) is 0 Å². The molecule has 3 unspecified atom stereocenters. The van der Waals surface area contributed by atoms with Crippen LogP contribution in [0, 0.1) is 5.92 Å². The first kappa shape index (κ1) is 13.9. The Morgan fingerprint density at radius 1 is 0.929 bits per heavy atom. The van der Waals surface area contributed by atoms with Crippen molar-refractivity contribution in [1.82, 2.24) is 0 Å². The van der Waals surface area contributed by atoms with Crippen LogP contribution in [-0.4, -0.2) is 12.3 Å². The van der Waals surface area contributed by atoms with E-state index in [4.69, 9.17) is 0 Å². The Morgan fingerprint density at radius 2 is 1.50 bits per heavy atom. The normalized spacial score (nSPS) is 17.8. The van der Waals surface area contributed by atoms with Crippen LogP contribution in [0.4, 0.5) is 8.78 Å². The van der Waals surface area contributed by atoms with Gasteiger partial charge < -0.3 is 0 Å². The number of rotatable bonds is 8. The van der Waals surface area contributed by atoms with Crippen LogP contribution in [0.15, 0.2) is 0 Å². The largest absolute Gasteiger partial charge is 0.244 e. The van der Waals surface area contributed by atoms with E-state index >= 15 is 0 Å². The van der Waals surface area contributed by atoms with Crippen LogP contribution in [0.2, 0.25) is 0 Å². The van der Waals surface area contributed by atoms with Gasteiger partial charge in [-0.15, -0.1) is 0 Å². The van der Waals surface area contributed by atoms with Crippen molar-refractivity contribution < 1.29 is 8.78 Å². The summed E-state index contributed by atoms with van der Waals surface area (Å²) >= 11 is 0. The van der Waals surface area contributed by atoms with E-state index in [9.17, 15) is 8.78 Å². The van der Waals surface area contributed by atoms with Gasteiger partial charge in [0.05, 0.1) is 0 Å². The average Bonchev–Trinajstić information content (AvgIpc) is 2.21. The Labute approximate surface area is 87.1 Å². The fourth-order valence-corrected chi connectivity index (χ4v) is 1.41. The topological polar surface area (TPSA) is 0 Å². The fraction of sp³-hybridized carbons (Fsp3) is 1.00. The second kappa shape index (κ2) is 8.19. The predicted octanol–water partition coefficient (Wildman–Crippen LogP) is 4.68. The van der Waals surface area contributed by atoms with Crippen LogP contribution in [0.1, 0.15) is 59.3 Å².